The van der Waals surface area contributed by atoms with Crippen molar-refractivity contribution in [3.8, 4) is 0 Å². The second kappa shape index (κ2) is 6.20. The van der Waals surface area contributed by atoms with Gasteiger partial charge in [-0.15, -0.1) is 0 Å². The van der Waals surface area contributed by atoms with Crippen LogP contribution >= 0.6 is 0 Å². The van der Waals surface area contributed by atoms with Crippen molar-refractivity contribution in [1.82, 2.24) is 10.3 Å². The molecule has 1 atom stereocenters. The Hall–Kier alpha value is -0.970. The highest BCUT2D eigenvalue weighted by Gasteiger charge is 2.42. The molecule has 0 spiro atoms. The molecule has 0 heterocycles. The van der Waals surface area contributed by atoms with Crippen molar-refractivity contribution >= 4 is 0 Å². The molecule has 1 aliphatic carbocycles. The van der Waals surface area contributed by atoms with Gasteiger partial charge in [-0.1, -0.05) is 25.3 Å². The van der Waals surface area contributed by atoms with E-state index in [-0.39, 0.29) is 17.4 Å². The first kappa shape index (κ1) is 15.4. The first-order valence-corrected chi connectivity index (χ1v) is 7.40. The van der Waals surface area contributed by atoms with Crippen LogP contribution < -0.4 is 11.3 Å². The molecule has 2 rings (SSSR count). The standard InChI is InChI=1S/C16H26FN3/c1-12-9-13(11-14(17)10-12)15(19-18)16(20(2)3)7-5-4-6-8-16/h9-11,15,19H,4-8,18H2,1-3H3. The average Bonchev–Trinajstić information content (AvgIpc) is 2.39. The zero-order chi connectivity index (χ0) is 14.8. The second-order valence-corrected chi connectivity index (χ2v) is 6.22. The van der Waals surface area contributed by atoms with E-state index in [1.807, 2.05) is 13.0 Å². The van der Waals surface area contributed by atoms with E-state index in [9.17, 15) is 4.39 Å². The molecule has 112 valence electrons. The first-order chi connectivity index (χ1) is 9.49. The molecule has 1 saturated carbocycles. The number of hydrogen-bond donors (Lipinski definition) is 2. The van der Waals surface area contributed by atoms with E-state index in [4.69, 9.17) is 5.84 Å². The van der Waals surface area contributed by atoms with Gasteiger partial charge in [-0.2, -0.15) is 0 Å². The Bertz CT molecular complexity index is 433. The highest BCUT2D eigenvalue weighted by atomic mass is 19.1. The summed E-state index contributed by atoms with van der Waals surface area (Å²) in [6.07, 6.45) is 5.85. The number of rotatable bonds is 4. The number of aryl methyl sites for hydroxylation is 1. The summed E-state index contributed by atoms with van der Waals surface area (Å²) in [6, 6.07) is 5.15. The topological polar surface area (TPSA) is 41.3 Å². The molecule has 0 saturated heterocycles. The van der Waals surface area contributed by atoms with Crippen LogP contribution in [-0.2, 0) is 0 Å². The lowest BCUT2D eigenvalue weighted by atomic mass is 9.73. The van der Waals surface area contributed by atoms with E-state index >= 15 is 0 Å². The summed E-state index contributed by atoms with van der Waals surface area (Å²) in [5.41, 5.74) is 4.80. The summed E-state index contributed by atoms with van der Waals surface area (Å²) in [7, 11) is 4.20. The number of hydrazine groups is 1. The first-order valence-electron chi connectivity index (χ1n) is 7.40. The lowest BCUT2D eigenvalue weighted by Crippen LogP contribution is -2.56. The summed E-state index contributed by atoms with van der Waals surface area (Å²) in [4.78, 5) is 2.26. The van der Waals surface area contributed by atoms with E-state index in [1.54, 1.807) is 12.1 Å². The van der Waals surface area contributed by atoms with Gasteiger partial charge in [0, 0.05) is 5.54 Å². The monoisotopic (exact) mass is 279 g/mol. The van der Waals surface area contributed by atoms with Gasteiger partial charge in [0.15, 0.2) is 0 Å². The number of likely N-dealkylation sites (N-methyl/N-ethyl adjacent to an activating group) is 1. The second-order valence-electron chi connectivity index (χ2n) is 6.22. The maximum atomic E-state index is 13.7. The third kappa shape index (κ3) is 2.87. The van der Waals surface area contributed by atoms with Crippen LogP contribution in [0.1, 0.15) is 49.3 Å². The number of nitrogens with one attached hydrogen (secondary N) is 1. The van der Waals surface area contributed by atoms with Crippen LogP contribution in [0.3, 0.4) is 0 Å². The van der Waals surface area contributed by atoms with Crippen LogP contribution in [0.2, 0.25) is 0 Å². The van der Waals surface area contributed by atoms with E-state index in [0.717, 1.165) is 24.0 Å². The van der Waals surface area contributed by atoms with Crippen molar-refractivity contribution in [1.29, 1.82) is 0 Å². The fraction of sp³-hybridized carbons (Fsp3) is 0.625. The summed E-state index contributed by atoms with van der Waals surface area (Å²) in [6.45, 7) is 1.92. The van der Waals surface area contributed by atoms with Crippen molar-refractivity contribution < 1.29 is 4.39 Å². The zero-order valence-corrected chi connectivity index (χ0v) is 12.7. The molecule has 3 N–H and O–H groups in total. The number of hydrogen-bond acceptors (Lipinski definition) is 3. The normalized spacial score (nSPS) is 20.1. The quantitative estimate of drug-likeness (QED) is 0.658. The van der Waals surface area contributed by atoms with Crippen molar-refractivity contribution in [3.63, 3.8) is 0 Å². The zero-order valence-electron chi connectivity index (χ0n) is 12.7. The Balaban J connectivity index is 2.42. The van der Waals surface area contributed by atoms with Crippen LogP contribution in [0.25, 0.3) is 0 Å². The fourth-order valence-electron chi connectivity index (χ4n) is 3.65. The molecule has 0 aromatic heterocycles. The van der Waals surface area contributed by atoms with Crippen molar-refractivity contribution in [2.75, 3.05) is 14.1 Å². The fourth-order valence-corrected chi connectivity index (χ4v) is 3.65. The predicted octanol–water partition coefficient (Wildman–Crippen LogP) is 2.90. The van der Waals surface area contributed by atoms with Gasteiger partial charge >= 0.3 is 0 Å². The Morgan fingerprint density at radius 2 is 1.85 bits per heavy atom. The molecule has 0 amide bonds. The predicted molar refractivity (Wildman–Crippen MR) is 80.7 cm³/mol. The van der Waals surface area contributed by atoms with Crippen molar-refractivity contribution in [2.24, 2.45) is 5.84 Å². The minimum absolute atomic E-state index is 0.0345. The SMILES string of the molecule is Cc1cc(F)cc(C(NN)C2(N(C)C)CCCCC2)c1. The van der Waals surface area contributed by atoms with Gasteiger partial charge in [0.25, 0.3) is 0 Å². The van der Waals surface area contributed by atoms with Gasteiger partial charge in [0.05, 0.1) is 6.04 Å². The van der Waals surface area contributed by atoms with Crippen LogP contribution in [0.15, 0.2) is 18.2 Å². The average molecular weight is 279 g/mol. The van der Waals surface area contributed by atoms with Gasteiger partial charge < -0.3 is 4.90 Å². The molecule has 1 unspecified atom stereocenters. The van der Waals surface area contributed by atoms with Gasteiger partial charge in [-0.25, -0.2) is 4.39 Å². The molecular formula is C16H26FN3. The highest BCUT2D eigenvalue weighted by molar-refractivity contribution is 5.29. The third-order valence-corrected chi connectivity index (χ3v) is 4.71. The maximum Gasteiger partial charge on any atom is 0.123 e. The van der Waals surface area contributed by atoms with E-state index in [0.29, 0.717) is 0 Å². The summed E-state index contributed by atoms with van der Waals surface area (Å²) < 4.78 is 13.7. The van der Waals surface area contributed by atoms with Crippen molar-refractivity contribution in [2.45, 2.75) is 50.6 Å². The molecule has 3 nitrogen and oxygen atoms in total. The van der Waals surface area contributed by atoms with Crippen LogP contribution in [-0.4, -0.2) is 24.5 Å². The van der Waals surface area contributed by atoms with E-state index < -0.39 is 0 Å². The molecule has 0 radical (unpaired) electrons. The number of nitrogens with zero attached hydrogens (tertiary/aromatic N) is 1. The van der Waals surface area contributed by atoms with Crippen molar-refractivity contribution in [3.05, 3.63) is 35.1 Å². The van der Waals surface area contributed by atoms with Gasteiger partial charge in [-0.3, -0.25) is 11.3 Å². The minimum atomic E-state index is -0.190. The number of benzene rings is 1. The lowest BCUT2D eigenvalue weighted by molar-refractivity contribution is 0.0563. The molecule has 4 heteroatoms. The van der Waals surface area contributed by atoms with Gasteiger partial charge in [-0.05, 0) is 57.1 Å². The van der Waals surface area contributed by atoms with Crippen LogP contribution in [0.5, 0.6) is 0 Å². The Morgan fingerprint density at radius 3 is 2.35 bits per heavy atom. The molecule has 1 fully saturated rings. The van der Waals surface area contributed by atoms with Crippen LogP contribution in [0.4, 0.5) is 4.39 Å². The molecular weight excluding hydrogens is 253 g/mol. The Kier molecular flexibility index (Phi) is 4.78. The molecule has 1 aliphatic rings. The largest absolute Gasteiger partial charge is 0.302 e. The molecule has 1 aromatic carbocycles. The molecule has 0 aliphatic heterocycles. The summed E-state index contributed by atoms with van der Waals surface area (Å²) in [5, 5.41) is 0. The van der Waals surface area contributed by atoms with E-state index in [1.165, 1.54) is 19.3 Å². The maximum absolute atomic E-state index is 13.7. The van der Waals surface area contributed by atoms with Gasteiger partial charge in [0.1, 0.15) is 5.82 Å². The molecule has 0 bridgehead atoms. The third-order valence-electron chi connectivity index (χ3n) is 4.71. The Labute approximate surface area is 121 Å². The molecule has 1 aromatic rings. The van der Waals surface area contributed by atoms with Gasteiger partial charge in [0.2, 0.25) is 0 Å². The summed E-state index contributed by atoms with van der Waals surface area (Å²) in [5.74, 6) is 5.67. The number of halogens is 1. The van der Waals surface area contributed by atoms with Crippen LogP contribution in [0, 0.1) is 12.7 Å². The molecule has 20 heavy (non-hydrogen) atoms. The van der Waals surface area contributed by atoms with E-state index in [2.05, 4.69) is 24.4 Å². The minimum Gasteiger partial charge on any atom is -0.302 e. The Morgan fingerprint density at radius 1 is 1.20 bits per heavy atom. The highest BCUT2D eigenvalue weighted by Crippen LogP contribution is 2.41. The smallest absolute Gasteiger partial charge is 0.123 e. The lowest BCUT2D eigenvalue weighted by Gasteiger charge is -2.48. The number of nitrogens with two attached hydrogens (primary N) is 1. The summed E-state index contributed by atoms with van der Waals surface area (Å²) >= 11 is 0.